The van der Waals surface area contributed by atoms with Crippen molar-refractivity contribution in [1.82, 2.24) is 10.3 Å². The van der Waals surface area contributed by atoms with Crippen LogP contribution in [0.2, 0.25) is 0 Å². The van der Waals surface area contributed by atoms with Gasteiger partial charge in [-0.2, -0.15) is 0 Å². The molecule has 0 radical (unpaired) electrons. The van der Waals surface area contributed by atoms with Crippen molar-refractivity contribution in [3.05, 3.63) is 69.4 Å². The Morgan fingerprint density at radius 3 is 2.64 bits per heavy atom. The summed E-state index contributed by atoms with van der Waals surface area (Å²) in [7, 11) is 0. The number of nitrogens with zero attached hydrogens (tertiary/aromatic N) is 1. The maximum atomic E-state index is 12.1. The molecule has 5 nitrogen and oxygen atoms in total. The SMILES string of the molecule is O=C(Cc1csc(NC(=O)c2ccccc2)n1)NCCc1cccs1. The maximum absolute atomic E-state index is 12.1. The van der Waals surface area contributed by atoms with E-state index < -0.39 is 0 Å². The fourth-order valence-electron chi connectivity index (χ4n) is 2.21. The second-order valence-electron chi connectivity index (χ2n) is 5.32. The largest absolute Gasteiger partial charge is 0.355 e. The summed E-state index contributed by atoms with van der Waals surface area (Å²) in [6.07, 6.45) is 1.04. The Hall–Kier alpha value is -2.51. The van der Waals surface area contributed by atoms with Gasteiger partial charge in [-0.25, -0.2) is 4.98 Å². The molecule has 0 bridgehead atoms. The number of hydrogen-bond acceptors (Lipinski definition) is 5. The lowest BCUT2D eigenvalue weighted by molar-refractivity contribution is -0.120. The van der Waals surface area contributed by atoms with Gasteiger partial charge in [0.15, 0.2) is 5.13 Å². The zero-order chi connectivity index (χ0) is 17.5. The highest BCUT2D eigenvalue weighted by Crippen LogP contribution is 2.17. The number of nitrogens with one attached hydrogen (secondary N) is 2. The molecule has 7 heteroatoms. The topological polar surface area (TPSA) is 71.1 Å². The van der Waals surface area contributed by atoms with Crippen LogP contribution in [0.1, 0.15) is 20.9 Å². The number of benzene rings is 1. The summed E-state index contributed by atoms with van der Waals surface area (Å²) >= 11 is 3.00. The van der Waals surface area contributed by atoms with E-state index in [0.29, 0.717) is 22.9 Å². The van der Waals surface area contributed by atoms with Gasteiger partial charge < -0.3 is 5.32 Å². The quantitative estimate of drug-likeness (QED) is 0.669. The summed E-state index contributed by atoms with van der Waals surface area (Å²) < 4.78 is 0. The number of anilines is 1. The fraction of sp³-hybridized carbons (Fsp3) is 0.167. The van der Waals surface area contributed by atoms with Gasteiger partial charge in [0.2, 0.25) is 5.91 Å². The van der Waals surface area contributed by atoms with Gasteiger partial charge in [-0.3, -0.25) is 14.9 Å². The predicted octanol–water partition coefficient (Wildman–Crippen LogP) is 3.36. The Kier molecular flexibility index (Phi) is 5.92. The zero-order valence-corrected chi connectivity index (χ0v) is 15.0. The Morgan fingerprint density at radius 2 is 1.88 bits per heavy atom. The van der Waals surface area contributed by atoms with E-state index in [4.69, 9.17) is 0 Å². The van der Waals surface area contributed by atoms with E-state index >= 15 is 0 Å². The smallest absolute Gasteiger partial charge is 0.257 e. The second kappa shape index (κ2) is 8.55. The summed E-state index contributed by atoms with van der Waals surface area (Å²) in [5.41, 5.74) is 1.23. The lowest BCUT2D eigenvalue weighted by Crippen LogP contribution is -2.27. The molecule has 2 N–H and O–H groups in total. The van der Waals surface area contributed by atoms with Crippen LogP contribution in [0.4, 0.5) is 5.13 Å². The first-order valence-electron chi connectivity index (χ1n) is 7.80. The van der Waals surface area contributed by atoms with Gasteiger partial charge in [0.05, 0.1) is 12.1 Å². The molecule has 0 aliphatic carbocycles. The van der Waals surface area contributed by atoms with E-state index in [9.17, 15) is 9.59 Å². The van der Waals surface area contributed by atoms with E-state index in [1.54, 1.807) is 28.8 Å². The molecule has 2 amide bonds. The molecule has 0 saturated heterocycles. The van der Waals surface area contributed by atoms with Crippen molar-refractivity contribution >= 4 is 39.6 Å². The third kappa shape index (κ3) is 5.23. The van der Waals surface area contributed by atoms with Crippen molar-refractivity contribution < 1.29 is 9.59 Å². The predicted molar refractivity (Wildman–Crippen MR) is 101 cm³/mol. The lowest BCUT2D eigenvalue weighted by Gasteiger charge is -2.03. The maximum Gasteiger partial charge on any atom is 0.257 e. The minimum atomic E-state index is -0.207. The van der Waals surface area contributed by atoms with Gasteiger partial charge in [-0.05, 0) is 30.0 Å². The van der Waals surface area contributed by atoms with E-state index in [2.05, 4.69) is 21.7 Å². The first-order valence-corrected chi connectivity index (χ1v) is 9.56. The van der Waals surface area contributed by atoms with Gasteiger partial charge in [0, 0.05) is 22.4 Å². The molecule has 0 spiro atoms. The summed E-state index contributed by atoms with van der Waals surface area (Å²) in [5.74, 6) is -0.273. The minimum Gasteiger partial charge on any atom is -0.355 e. The van der Waals surface area contributed by atoms with Crippen LogP contribution >= 0.6 is 22.7 Å². The summed E-state index contributed by atoms with van der Waals surface area (Å²) in [4.78, 5) is 29.6. The van der Waals surface area contributed by atoms with Crippen molar-refractivity contribution in [2.45, 2.75) is 12.8 Å². The molecular formula is C18H17N3O2S2. The minimum absolute atomic E-state index is 0.0669. The molecule has 0 unspecified atom stereocenters. The third-order valence-electron chi connectivity index (χ3n) is 3.42. The highest BCUT2D eigenvalue weighted by Gasteiger charge is 2.11. The van der Waals surface area contributed by atoms with Crippen LogP contribution in [0.25, 0.3) is 0 Å². The first-order chi connectivity index (χ1) is 12.2. The molecule has 3 rings (SSSR count). The number of aromatic nitrogens is 1. The van der Waals surface area contributed by atoms with Crippen LogP contribution in [0.3, 0.4) is 0 Å². The van der Waals surface area contributed by atoms with Gasteiger partial charge in [-0.1, -0.05) is 24.3 Å². The molecule has 0 fully saturated rings. The zero-order valence-electron chi connectivity index (χ0n) is 13.4. The molecule has 0 aliphatic heterocycles. The van der Waals surface area contributed by atoms with Crippen LogP contribution in [0.5, 0.6) is 0 Å². The lowest BCUT2D eigenvalue weighted by atomic mass is 10.2. The summed E-state index contributed by atoms with van der Waals surface area (Å²) in [6.45, 7) is 0.612. The molecule has 128 valence electrons. The van der Waals surface area contributed by atoms with Crippen LogP contribution in [-0.2, 0) is 17.6 Å². The highest BCUT2D eigenvalue weighted by molar-refractivity contribution is 7.14. The van der Waals surface area contributed by atoms with Crippen LogP contribution in [0, 0.1) is 0 Å². The van der Waals surface area contributed by atoms with Crippen LogP contribution in [0.15, 0.2) is 53.2 Å². The molecule has 1 aromatic carbocycles. The van der Waals surface area contributed by atoms with E-state index in [1.807, 2.05) is 29.6 Å². The van der Waals surface area contributed by atoms with Crippen LogP contribution < -0.4 is 10.6 Å². The van der Waals surface area contributed by atoms with Gasteiger partial charge >= 0.3 is 0 Å². The van der Waals surface area contributed by atoms with Crippen molar-refractivity contribution in [3.8, 4) is 0 Å². The average Bonchev–Trinajstić information content (AvgIpc) is 3.28. The second-order valence-corrected chi connectivity index (χ2v) is 7.21. The molecule has 2 heterocycles. The number of thiophene rings is 1. The first kappa shape index (κ1) is 17.3. The van der Waals surface area contributed by atoms with Gasteiger partial charge in [0.1, 0.15) is 0 Å². The normalized spacial score (nSPS) is 10.4. The number of hydrogen-bond donors (Lipinski definition) is 2. The molecule has 0 saturated carbocycles. The van der Waals surface area contributed by atoms with Crippen LogP contribution in [-0.4, -0.2) is 23.3 Å². The average molecular weight is 371 g/mol. The molecular weight excluding hydrogens is 354 g/mol. The number of carbonyl (C=O) groups excluding carboxylic acids is 2. The Bertz CT molecular complexity index is 829. The Morgan fingerprint density at radius 1 is 1.04 bits per heavy atom. The van der Waals surface area contributed by atoms with E-state index in [0.717, 1.165) is 6.42 Å². The standard InChI is InChI=1S/C18H17N3O2S2/c22-16(19-9-8-15-7-4-10-24-15)11-14-12-25-18(20-14)21-17(23)13-5-2-1-3-6-13/h1-7,10,12H,8-9,11H2,(H,19,22)(H,20,21,23). The van der Waals surface area contributed by atoms with Crippen molar-refractivity contribution in [1.29, 1.82) is 0 Å². The van der Waals surface area contributed by atoms with Crippen molar-refractivity contribution in [2.24, 2.45) is 0 Å². The number of thiazole rings is 1. The summed E-state index contributed by atoms with van der Waals surface area (Å²) in [6, 6.07) is 13.0. The number of carbonyl (C=O) groups is 2. The highest BCUT2D eigenvalue weighted by atomic mass is 32.1. The van der Waals surface area contributed by atoms with Gasteiger partial charge in [-0.15, -0.1) is 22.7 Å². The summed E-state index contributed by atoms with van der Waals surface area (Å²) in [5, 5.41) is 9.95. The molecule has 0 aliphatic rings. The van der Waals surface area contributed by atoms with E-state index in [1.165, 1.54) is 16.2 Å². The van der Waals surface area contributed by atoms with Gasteiger partial charge in [0.25, 0.3) is 5.91 Å². The molecule has 2 aromatic heterocycles. The fourth-order valence-corrected chi connectivity index (χ4v) is 3.63. The number of amides is 2. The van der Waals surface area contributed by atoms with Crippen molar-refractivity contribution in [3.63, 3.8) is 0 Å². The monoisotopic (exact) mass is 371 g/mol. The van der Waals surface area contributed by atoms with Crippen molar-refractivity contribution in [2.75, 3.05) is 11.9 Å². The number of rotatable bonds is 7. The third-order valence-corrected chi connectivity index (χ3v) is 5.17. The molecule has 0 atom stereocenters. The molecule has 3 aromatic rings. The van der Waals surface area contributed by atoms with E-state index in [-0.39, 0.29) is 18.2 Å². The molecule has 25 heavy (non-hydrogen) atoms. The Labute approximate surface area is 153 Å². The Balaban J connectivity index is 1.46.